The number of sulfonamides is 1. The van der Waals surface area contributed by atoms with E-state index in [4.69, 9.17) is 23.2 Å². The first-order valence-corrected chi connectivity index (χ1v) is 13.7. The van der Waals surface area contributed by atoms with Gasteiger partial charge in [-0.05, 0) is 82.5 Å². The lowest BCUT2D eigenvalue weighted by Gasteiger charge is -2.33. The first kappa shape index (κ1) is 28.9. The molecule has 2 rings (SSSR count). The van der Waals surface area contributed by atoms with Crippen LogP contribution in [-0.4, -0.2) is 49.5 Å². The number of hydrogen-bond donors (Lipinski definition) is 1. The van der Waals surface area contributed by atoms with E-state index in [1.807, 2.05) is 40.7 Å². The van der Waals surface area contributed by atoms with Crippen LogP contribution in [0.5, 0.6) is 0 Å². The SMILES string of the molecule is Cc1cc(C)cc(N(CC(=O)N(Cc2ccc(Cl)cc2Cl)[C@H](C)C(=O)NC(C)(C)C)S(C)(=O)=O)c1. The van der Waals surface area contributed by atoms with Gasteiger partial charge in [-0.1, -0.05) is 35.3 Å². The fourth-order valence-corrected chi connectivity index (χ4v) is 4.90. The van der Waals surface area contributed by atoms with Crippen LogP contribution in [0.15, 0.2) is 36.4 Å². The predicted octanol–water partition coefficient (Wildman–Crippen LogP) is 4.71. The van der Waals surface area contributed by atoms with Gasteiger partial charge in [0.25, 0.3) is 0 Å². The quantitative estimate of drug-likeness (QED) is 0.524. The highest BCUT2D eigenvalue weighted by atomic mass is 35.5. The van der Waals surface area contributed by atoms with E-state index in [1.54, 1.807) is 37.3 Å². The fourth-order valence-electron chi connectivity index (χ4n) is 3.60. The Morgan fingerprint density at radius 1 is 1.03 bits per heavy atom. The van der Waals surface area contributed by atoms with Crippen molar-refractivity contribution in [2.75, 3.05) is 17.1 Å². The Morgan fingerprint density at radius 3 is 2.09 bits per heavy atom. The Balaban J connectivity index is 2.47. The van der Waals surface area contributed by atoms with E-state index >= 15 is 0 Å². The maximum atomic E-state index is 13.6. The molecule has 1 N–H and O–H groups in total. The summed E-state index contributed by atoms with van der Waals surface area (Å²) < 4.78 is 26.4. The third-order valence-corrected chi connectivity index (χ3v) is 6.92. The van der Waals surface area contributed by atoms with Crippen LogP contribution < -0.4 is 9.62 Å². The minimum Gasteiger partial charge on any atom is -0.350 e. The lowest BCUT2D eigenvalue weighted by atomic mass is 10.1. The van der Waals surface area contributed by atoms with Gasteiger partial charge in [0, 0.05) is 22.1 Å². The number of amides is 2. The average Bonchev–Trinajstić information content (AvgIpc) is 2.67. The highest BCUT2D eigenvalue weighted by Gasteiger charge is 2.31. The summed E-state index contributed by atoms with van der Waals surface area (Å²) in [5.41, 5.74) is 2.18. The molecule has 0 aliphatic heterocycles. The molecular formula is C25H33Cl2N3O4S. The number of halogens is 2. The van der Waals surface area contributed by atoms with Crippen molar-refractivity contribution in [2.24, 2.45) is 0 Å². The van der Waals surface area contributed by atoms with E-state index in [0.717, 1.165) is 21.7 Å². The topological polar surface area (TPSA) is 86.8 Å². The molecule has 0 aliphatic carbocycles. The zero-order valence-corrected chi connectivity index (χ0v) is 23.5. The molecule has 0 heterocycles. The van der Waals surface area contributed by atoms with E-state index in [9.17, 15) is 18.0 Å². The molecule has 1 atom stereocenters. The number of nitrogens with one attached hydrogen (secondary N) is 1. The van der Waals surface area contributed by atoms with Crippen molar-refractivity contribution in [3.05, 3.63) is 63.1 Å². The molecule has 0 bridgehead atoms. The molecule has 0 fully saturated rings. The van der Waals surface area contributed by atoms with Gasteiger partial charge < -0.3 is 10.2 Å². The van der Waals surface area contributed by atoms with E-state index in [-0.39, 0.29) is 12.5 Å². The highest BCUT2D eigenvalue weighted by Crippen LogP contribution is 2.25. The van der Waals surface area contributed by atoms with Crippen molar-refractivity contribution >= 4 is 50.7 Å². The van der Waals surface area contributed by atoms with Gasteiger partial charge in [0.2, 0.25) is 21.8 Å². The Labute approximate surface area is 218 Å². The number of nitrogens with zero attached hydrogens (tertiary/aromatic N) is 2. The van der Waals surface area contributed by atoms with Gasteiger partial charge in [0.15, 0.2) is 0 Å². The summed E-state index contributed by atoms with van der Waals surface area (Å²) in [4.78, 5) is 27.9. The normalized spacial score (nSPS) is 12.7. The molecule has 2 amide bonds. The molecular weight excluding hydrogens is 509 g/mol. The molecule has 0 aromatic heterocycles. The molecule has 0 aliphatic rings. The summed E-state index contributed by atoms with van der Waals surface area (Å²) in [6.45, 7) is 10.4. The van der Waals surface area contributed by atoms with Crippen molar-refractivity contribution in [2.45, 2.75) is 59.7 Å². The molecule has 2 aromatic rings. The van der Waals surface area contributed by atoms with Gasteiger partial charge >= 0.3 is 0 Å². The maximum Gasteiger partial charge on any atom is 0.244 e. The van der Waals surface area contributed by atoms with Gasteiger partial charge in [0.05, 0.1) is 11.9 Å². The molecule has 192 valence electrons. The zero-order chi connectivity index (χ0) is 26.7. The molecule has 0 spiro atoms. The Hall–Kier alpha value is -2.29. The fraction of sp³-hybridized carbons (Fsp3) is 0.440. The van der Waals surface area contributed by atoms with Crippen LogP contribution in [0.3, 0.4) is 0 Å². The number of aryl methyl sites for hydroxylation is 2. The van der Waals surface area contributed by atoms with Crippen LogP contribution in [0.1, 0.15) is 44.4 Å². The summed E-state index contributed by atoms with van der Waals surface area (Å²) >= 11 is 12.4. The van der Waals surface area contributed by atoms with E-state index < -0.39 is 34.1 Å². The molecule has 0 saturated heterocycles. The van der Waals surface area contributed by atoms with Gasteiger partial charge in [-0.3, -0.25) is 13.9 Å². The van der Waals surface area contributed by atoms with Gasteiger partial charge in [-0.2, -0.15) is 0 Å². The highest BCUT2D eigenvalue weighted by molar-refractivity contribution is 7.92. The summed E-state index contributed by atoms with van der Waals surface area (Å²) in [5.74, 6) is -0.912. The number of hydrogen-bond acceptors (Lipinski definition) is 4. The molecule has 0 unspecified atom stereocenters. The van der Waals surface area contributed by atoms with E-state index in [1.165, 1.54) is 4.90 Å². The number of anilines is 1. The Kier molecular flexibility index (Phi) is 9.25. The number of rotatable bonds is 8. The average molecular weight is 543 g/mol. The molecule has 10 heteroatoms. The molecule has 7 nitrogen and oxygen atoms in total. The predicted molar refractivity (Wildman–Crippen MR) is 142 cm³/mol. The summed E-state index contributed by atoms with van der Waals surface area (Å²) in [6.07, 6.45) is 1.05. The maximum absolute atomic E-state index is 13.6. The van der Waals surface area contributed by atoms with Crippen molar-refractivity contribution in [3.63, 3.8) is 0 Å². The molecule has 0 saturated carbocycles. The van der Waals surface area contributed by atoms with Crippen molar-refractivity contribution in [1.29, 1.82) is 0 Å². The van der Waals surface area contributed by atoms with Crippen LogP contribution in [0.4, 0.5) is 5.69 Å². The first-order valence-electron chi connectivity index (χ1n) is 11.1. The van der Waals surface area contributed by atoms with Gasteiger partial charge in [-0.15, -0.1) is 0 Å². The standard InChI is InChI=1S/C25H33Cl2N3O4S/c1-16-10-17(2)12-21(11-16)30(35(7,33)34)15-23(31)29(18(3)24(32)28-25(4,5)6)14-19-8-9-20(26)13-22(19)27/h8-13,18H,14-15H2,1-7H3,(H,28,32)/t18-/m1/s1. The van der Waals surface area contributed by atoms with Crippen LogP contribution in [0.25, 0.3) is 0 Å². The number of benzene rings is 2. The summed E-state index contributed by atoms with van der Waals surface area (Å²) in [6, 6.07) is 9.31. The minimum absolute atomic E-state index is 0.00197. The first-order chi connectivity index (χ1) is 16.0. The zero-order valence-electron chi connectivity index (χ0n) is 21.1. The van der Waals surface area contributed by atoms with Crippen molar-refractivity contribution in [1.82, 2.24) is 10.2 Å². The van der Waals surface area contributed by atoms with Crippen molar-refractivity contribution < 1.29 is 18.0 Å². The van der Waals surface area contributed by atoms with Crippen LogP contribution in [-0.2, 0) is 26.2 Å². The molecule has 2 aromatic carbocycles. The second-order valence-corrected chi connectivity index (χ2v) is 12.5. The third-order valence-electron chi connectivity index (χ3n) is 5.19. The Morgan fingerprint density at radius 2 is 1.60 bits per heavy atom. The van der Waals surface area contributed by atoms with Gasteiger partial charge in [0.1, 0.15) is 12.6 Å². The largest absolute Gasteiger partial charge is 0.350 e. The summed E-state index contributed by atoms with van der Waals surface area (Å²) in [5, 5.41) is 3.65. The van der Waals surface area contributed by atoms with Crippen molar-refractivity contribution in [3.8, 4) is 0 Å². The monoisotopic (exact) mass is 541 g/mol. The lowest BCUT2D eigenvalue weighted by Crippen LogP contribution is -2.54. The van der Waals surface area contributed by atoms with E-state index in [2.05, 4.69) is 5.32 Å². The lowest BCUT2D eigenvalue weighted by molar-refractivity contribution is -0.140. The third kappa shape index (κ3) is 8.40. The molecule has 35 heavy (non-hydrogen) atoms. The summed E-state index contributed by atoms with van der Waals surface area (Å²) in [7, 11) is -3.80. The van der Waals surface area contributed by atoms with E-state index in [0.29, 0.717) is 21.3 Å². The van der Waals surface area contributed by atoms with Crippen LogP contribution in [0.2, 0.25) is 10.0 Å². The van der Waals surface area contributed by atoms with Gasteiger partial charge in [-0.25, -0.2) is 8.42 Å². The minimum atomic E-state index is -3.80. The second kappa shape index (κ2) is 11.2. The number of carbonyl (C=O) groups excluding carboxylic acids is 2. The van der Waals surface area contributed by atoms with Crippen LogP contribution in [0, 0.1) is 13.8 Å². The second-order valence-electron chi connectivity index (χ2n) is 9.79. The molecule has 0 radical (unpaired) electrons. The number of carbonyl (C=O) groups is 2. The smallest absolute Gasteiger partial charge is 0.244 e. The van der Waals surface area contributed by atoms with Crippen LogP contribution >= 0.6 is 23.2 Å². The Bertz CT molecular complexity index is 1190.